The van der Waals surface area contributed by atoms with Crippen LogP contribution >= 0.6 is 11.8 Å². The van der Waals surface area contributed by atoms with Gasteiger partial charge in [-0.05, 0) is 0 Å². The molecule has 0 amide bonds. The molecule has 0 unspecified atom stereocenters. The van der Waals surface area contributed by atoms with Gasteiger partial charge in [0.15, 0.2) is 0 Å². The van der Waals surface area contributed by atoms with E-state index in [-0.39, 0.29) is 6.42 Å². The molecule has 1 N–H and O–H groups in total. The summed E-state index contributed by atoms with van der Waals surface area (Å²) < 4.78 is 1.94. The monoisotopic (exact) mass is 200 g/mol. The average molecular weight is 200 g/mol. The van der Waals surface area contributed by atoms with Crippen molar-refractivity contribution in [3.8, 4) is 0 Å². The third-order valence-corrected chi connectivity index (χ3v) is 2.57. The summed E-state index contributed by atoms with van der Waals surface area (Å²) in [7, 11) is 1.93. The largest absolute Gasteiger partial charge is 0.481 e. The second kappa shape index (κ2) is 4.91. The summed E-state index contributed by atoms with van der Waals surface area (Å²) in [5.41, 5.74) is 0. The van der Waals surface area contributed by atoms with E-state index < -0.39 is 5.97 Å². The highest BCUT2D eigenvalue weighted by atomic mass is 32.2. The molecule has 0 saturated carbocycles. The van der Waals surface area contributed by atoms with E-state index >= 15 is 0 Å². The van der Waals surface area contributed by atoms with E-state index in [1.807, 2.05) is 17.8 Å². The molecule has 0 aliphatic heterocycles. The van der Waals surface area contributed by atoms with Gasteiger partial charge in [-0.1, -0.05) is 0 Å². The van der Waals surface area contributed by atoms with Crippen LogP contribution in [0.1, 0.15) is 12.2 Å². The number of carboxylic acid groups (broad SMARTS) is 1. The number of hydrogen-bond donors (Lipinski definition) is 1. The third kappa shape index (κ3) is 3.50. The van der Waals surface area contributed by atoms with E-state index in [0.717, 1.165) is 11.6 Å². The quantitative estimate of drug-likeness (QED) is 0.724. The molecular weight excluding hydrogens is 188 g/mol. The van der Waals surface area contributed by atoms with Gasteiger partial charge < -0.3 is 9.67 Å². The fourth-order valence-corrected chi connectivity index (χ4v) is 1.78. The summed E-state index contributed by atoms with van der Waals surface area (Å²) in [6.07, 6.45) is 3.84. The van der Waals surface area contributed by atoms with E-state index in [1.54, 1.807) is 18.0 Å². The number of carbonyl (C=O) groups is 1. The third-order valence-electron chi connectivity index (χ3n) is 1.61. The summed E-state index contributed by atoms with van der Waals surface area (Å²) in [6, 6.07) is 0. The predicted octanol–water partition coefficient (Wildman–Crippen LogP) is 1.13. The fourth-order valence-electron chi connectivity index (χ4n) is 0.858. The van der Waals surface area contributed by atoms with Gasteiger partial charge in [0.05, 0.1) is 12.2 Å². The van der Waals surface area contributed by atoms with Crippen LogP contribution < -0.4 is 0 Å². The molecule has 5 heteroatoms. The zero-order valence-corrected chi connectivity index (χ0v) is 8.25. The highest BCUT2D eigenvalue weighted by Gasteiger charge is 2.00. The number of carboxylic acids is 1. The SMILES string of the molecule is Cn1ccnc1CSCCC(=O)O. The van der Waals surface area contributed by atoms with Gasteiger partial charge in [-0.15, -0.1) is 0 Å². The van der Waals surface area contributed by atoms with E-state index in [1.165, 1.54) is 0 Å². The normalized spacial score (nSPS) is 10.2. The number of aryl methyl sites for hydroxylation is 1. The molecule has 0 radical (unpaired) electrons. The van der Waals surface area contributed by atoms with Crippen LogP contribution in [0.2, 0.25) is 0 Å². The molecule has 1 aromatic heterocycles. The molecule has 0 aliphatic rings. The Kier molecular flexibility index (Phi) is 3.82. The average Bonchev–Trinajstić information content (AvgIpc) is 2.45. The summed E-state index contributed by atoms with van der Waals surface area (Å²) >= 11 is 1.59. The second-order valence-electron chi connectivity index (χ2n) is 2.65. The first-order valence-electron chi connectivity index (χ1n) is 3.96. The molecule has 0 spiro atoms. The number of aromatic nitrogens is 2. The highest BCUT2D eigenvalue weighted by Crippen LogP contribution is 2.10. The smallest absolute Gasteiger partial charge is 0.304 e. The summed E-state index contributed by atoms with van der Waals surface area (Å²) in [5, 5.41) is 8.39. The molecule has 1 heterocycles. The molecule has 1 rings (SSSR count). The Bertz CT molecular complexity index is 285. The van der Waals surface area contributed by atoms with Crippen molar-refractivity contribution >= 4 is 17.7 Å². The van der Waals surface area contributed by atoms with E-state index in [4.69, 9.17) is 5.11 Å². The minimum Gasteiger partial charge on any atom is -0.481 e. The Morgan fingerprint density at radius 1 is 1.77 bits per heavy atom. The maximum atomic E-state index is 10.2. The minimum absolute atomic E-state index is 0.217. The topological polar surface area (TPSA) is 55.1 Å². The van der Waals surface area contributed by atoms with E-state index in [2.05, 4.69) is 4.98 Å². The lowest BCUT2D eigenvalue weighted by Crippen LogP contribution is -1.98. The molecule has 0 atom stereocenters. The maximum Gasteiger partial charge on any atom is 0.304 e. The Morgan fingerprint density at radius 3 is 3.08 bits per heavy atom. The molecule has 4 nitrogen and oxygen atoms in total. The molecule has 1 aromatic rings. The minimum atomic E-state index is -0.743. The predicted molar refractivity (Wildman–Crippen MR) is 51.6 cm³/mol. The molecule has 0 aromatic carbocycles. The number of imidazole rings is 1. The van der Waals surface area contributed by atoms with Crippen molar-refractivity contribution in [1.82, 2.24) is 9.55 Å². The van der Waals surface area contributed by atoms with Gasteiger partial charge in [0.25, 0.3) is 0 Å². The summed E-state index contributed by atoms with van der Waals surface area (Å²) in [5.74, 6) is 1.65. The van der Waals surface area contributed by atoms with Gasteiger partial charge in [-0.3, -0.25) is 4.79 Å². The van der Waals surface area contributed by atoms with Crippen LogP contribution in [0.15, 0.2) is 12.4 Å². The Morgan fingerprint density at radius 2 is 2.54 bits per heavy atom. The number of thioether (sulfide) groups is 1. The van der Waals surface area contributed by atoms with Crippen molar-refractivity contribution in [2.24, 2.45) is 7.05 Å². The fraction of sp³-hybridized carbons (Fsp3) is 0.500. The van der Waals surface area contributed by atoms with E-state index in [9.17, 15) is 4.79 Å². The van der Waals surface area contributed by atoms with Gasteiger partial charge in [-0.2, -0.15) is 11.8 Å². The Balaban J connectivity index is 2.20. The lowest BCUT2D eigenvalue weighted by atomic mass is 10.5. The number of hydrogen-bond acceptors (Lipinski definition) is 3. The van der Waals surface area contributed by atoms with Crippen LogP contribution in [0.4, 0.5) is 0 Å². The zero-order valence-electron chi connectivity index (χ0n) is 7.43. The van der Waals surface area contributed by atoms with Crippen molar-refractivity contribution in [2.45, 2.75) is 12.2 Å². The molecule has 0 fully saturated rings. The van der Waals surface area contributed by atoms with Crippen molar-refractivity contribution in [3.05, 3.63) is 18.2 Å². The van der Waals surface area contributed by atoms with Crippen LogP contribution in [0, 0.1) is 0 Å². The number of rotatable bonds is 5. The first kappa shape index (κ1) is 10.1. The van der Waals surface area contributed by atoms with Gasteiger partial charge >= 0.3 is 5.97 Å². The van der Waals surface area contributed by atoms with Gasteiger partial charge in [-0.25, -0.2) is 4.98 Å². The molecule has 0 aliphatic carbocycles. The standard InChI is InChI=1S/C8H12N2O2S/c1-10-4-3-9-7(10)6-13-5-2-8(11)12/h3-4H,2,5-6H2,1H3,(H,11,12). The first-order chi connectivity index (χ1) is 6.20. The zero-order chi connectivity index (χ0) is 9.68. The van der Waals surface area contributed by atoms with Crippen molar-refractivity contribution < 1.29 is 9.90 Å². The van der Waals surface area contributed by atoms with Crippen LogP contribution in [0.5, 0.6) is 0 Å². The van der Waals surface area contributed by atoms with Crippen molar-refractivity contribution in [1.29, 1.82) is 0 Å². The molecule has 0 bridgehead atoms. The van der Waals surface area contributed by atoms with Crippen molar-refractivity contribution in [3.63, 3.8) is 0 Å². The van der Waals surface area contributed by atoms with Gasteiger partial charge in [0, 0.05) is 25.2 Å². The maximum absolute atomic E-state index is 10.2. The van der Waals surface area contributed by atoms with E-state index in [0.29, 0.717) is 5.75 Å². The lowest BCUT2D eigenvalue weighted by Gasteiger charge is -1.99. The Hall–Kier alpha value is -0.970. The number of nitrogens with zero attached hydrogens (tertiary/aromatic N) is 2. The molecule has 0 saturated heterocycles. The Labute approximate surface area is 81.0 Å². The first-order valence-corrected chi connectivity index (χ1v) is 5.11. The van der Waals surface area contributed by atoms with Gasteiger partial charge in [0.2, 0.25) is 0 Å². The molecule has 72 valence electrons. The van der Waals surface area contributed by atoms with Crippen LogP contribution in [0.3, 0.4) is 0 Å². The molecular formula is C8H12N2O2S. The van der Waals surface area contributed by atoms with Crippen LogP contribution in [-0.4, -0.2) is 26.4 Å². The lowest BCUT2D eigenvalue weighted by molar-refractivity contribution is -0.136. The molecule has 13 heavy (non-hydrogen) atoms. The summed E-state index contributed by atoms with van der Waals surface area (Å²) in [4.78, 5) is 14.3. The van der Waals surface area contributed by atoms with Gasteiger partial charge in [0.1, 0.15) is 5.82 Å². The van der Waals surface area contributed by atoms with Crippen LogP contribution in [-0.2, 0) is 17.6 Å². The second-order valence-corrected chi connectivity index (χ2v) is 3.76. The highest BCUT2D eigenvalue weighted by molar-refractivity contribution is 7.98. The van der Waals surface area contributed by atoms with Crippen molar-refractivity contribution in [2.75, 3.05) is 5.75 Å². The van der Waals surface area contributed by atoms with Crippen LogP contribution in [0.25, 0.3) is 0 Å². The summed E-state index contributed by atoms with van der Waals surface area (Å²) in [6.45, 7) is 0. The number of aliphatic carboxylic acids is 1.